The Morgan fingerprint density at radius 1 is 1.46 bits per heavy atom. The van der Waals surface area contributed by atoms with Crippen LogP contribution in [0.3, 0.4) is 0 Å². The molecule has 0 aliphatic heterocycles. The highest BCUT2D eigenvalue weighted by molar-refractivity contribution is 5.25. The van der Waals surface area contributed by atoms with E-state index in [0.717, 1.165) is 0 Å². The minimum absolute atomic E-state index is 0.104. The first-order chi connectivity index (χ1) is 6.13. The molecule has 0 aromatic heterocycles. The summed E-state index contributed by atoms with van der Waals surface area (Å²) in [6.07, 6.45) is -0.289. The van der Waals surface area contributed by atoms with Crippen molar-refractivity contribution in [2.24, 2.45) is 0 Å². The van der Waals surface area contributed by atoms with Gasteiger partial charge >= 0.3 is 0 Å². The van der Waals surface area contributed by atoms with E-state index in [1.165, 1.54) is 12.1 Å². The zero-order valence-electron chi connectivity index (χ0n) is 7.50. The average molecular weight is 184 g/mol. The van der Waals surface area contributed by atoms with Gasteiger partial charge in [-0.3, -0.25) is 0 Å². The van der Waals surface area contributed by atoms with Crippen molar-refractivity contribution in [3.05, 3.63) is 35.1 Å². The summed E-state index contributed by atoms with van der Waals surface area (Å²) < 4.78 is 13.1. The molecule has 13 heavy (non-hydrogen) atoms. The number of benzene rings is 1. The Balaban J connectivity index is 2.90. The third-order valence-corrected chi connectivity index (χ3v) is 1.81. The molecule has 1 rings (SSSR count). The van der Waals surface area contributed by atoms with Crippen molar-refractivity contribution in [3.8, 4) is 0 Å². The molecule has 72 valence electrons. The molecule has 0 spiro atoms. The molecule has 3 heteroatoms. The highest BCUT2D eigenvalue weighted by Crippen LogP contribution is 2.12. The molecular formula is C10H13FO2. The van der Waals surface area contributed by atoms with Crippen molar-refractivity contribution in [3.63, 3.8) is 0 Å². The molecule has 2 N–H and O–H groups in total. The lowest BCUT2D eigenvalue weighted by Crippen LogP contribution is -2.06. The zero-order chi connectivity index (χ0) is 9.84. The van der Waals surface area contributed by atoms with Gasteiger partial charge in [0.2, 0.25) is 0 Å². The Labute approximate surface area is 76.6 Å². The first-order valence-electron chi connectivity index (χ1n) is 4.19. The number of rotatable bonds is 3. The van der Waals surface area contributed by atoms with Crippen molar-refractivity contribution in [1.82, 2.24) is 0 Å². The third kappa shape index (κ3) is 2.79. The van der Waals surface area contributed by atoms with E-state index in [-0.39, 0.29) is 18.8 Å². The molecule has 0 amide bonds. The lowest BCUT2D eigenvalue weighted by atomic mass is 10.1. The van der Waals surface area contributed by atoms with Crippen molar-refractivity contribution < 1.29 is 14.6 Å². The topological polar surface area (TPSA) is 40.5 Å². The first-order valence-corrected chi connectivity index (χ1v) is 4.19. The number of halogens is 1. The van der Waals surface area contributed by atoms with Gasteiger partial charge in [0.1, 0.15) is 5.82 Å². The van der Waals surface area contributed by atoms with Crippen LogP contribution in [-0.2, 0) is 13.0 Å². The summed E-state index contributed by atoms with van der Waals surface area (Å²) in [4.78, 5) is 0. The zero-order valence-corrected chi connectivity index (χ0v) is 7.50. The maximum Gasteiger partial charge on any atom is 0.126 e. The molecule has 0 bridgehead atoms. The van der Waals surface area contributed by atoms with E-state index in [4.69, 9.17) is 10.2 Å². The molecule has 0 radical (unpaired) electrons. The van der Waals surface area contributed by atoms with Crippen molar-refractivity contribution in [1.29, 1.82) is 0 Å². The van der Waals surface area contributed by atoms with Crippen LogP contribution in [0.15, 0.2) is 18.2 Å². The number of aliphatic hydroxyl groups is 2. The molecule has 0 saturated carbocycles. The Morgan fingerprint density at radius 3 is 2.69 bits per heavy atom. The van der Waals surface area contributed by atoms with Crippen LogP contribution >= 0.6 is 0 Å². The molecule has 0 fully saturated rings. The summed E-state index contributed by atoms with van der Waals surface area (Å²) >= 11 is 0. The smallest absolute Gasteiger partial charge is 0.126 e. The molecule has 2 nitrogen and oxygen atoms in total. The van der Waals surface area contributed by atoms with E-state index in [2.05, 4.69) is 0 Å². The van der Waals surface area contributed by atoms with Gasteiger partial charge < -0.3 is 10.2 Å². The fourth-order valence-electron chi connectivity index (χ4n) is 1.20. The normalized spacial score (nSPS) is 12.9. The molecule has 0 aliphatic rings. The van der Waals surface area contributed by atoms with Gasteiger partial charge in [0, 0.05) is 6.42 Å². The number of hydrogen-bond donors (Lipinski definition) is 2. The van der Waals surface area contributed by atoms with Crippen LogP contribution in [0.1, 0.15) is 18.1 Å². The van der Waals surface area contributed by atoms with Gasteiger partial charge in [-0.25, -0.2) is 4.39 Å². The standard InChI is InChI=1S/C10H13FO2/c1-7(13)4-9-5-8(6-12)2-3-10(9)11/h2-3,5,7,12-13H,4,6H2,1H3. The van der Waals surface area contributed by atoms with Crippen molar-refractivity contribution in [2.45, 2.75) is 26.1 Å². The van der Waals surface area contributed by atoms with Crippen LogP contribution in [0.2, 0.25) is 0 Å². The molecule has 1 atom stereocenters. The van der Waals surface area contributed by atoms with Crippen LogP contribution in [-0.4, -0.2) is 16.3 Å². The predicted octanol–water partition coefficient (Wildman–Crippen LogP) is 1.24. The van der Waals surface area contributed by atoms with E-state index in [1.807, 2.05) is 0 Å². The summed E-state index contributed by atoms with van der Waals surface area (Å²) in [5, 5.41) is 17.9. The van der Waals surface area contributed by atoms with Gasteiger partial charge in [0.05, 0.1) is 12.7 Å². The molecule has 0 aliphatic carbocycles. The lowest BCUT2D eigenvalue weighted by molar-refractivity contribution is 0.194. The predicted molar refractivity (Wildman–Crippen MR) is 47.7 cm³/mol. The quantitative estimate of drug-likeness (QED) is 0.742. The van der Waals surface area contributed by atoms with Gasteiger partial charge in [0.25, 0.3) is 0 Å². The Hall–Kier alpha value is -0.930. The summed E-state index contributed by atoms with van der Waals surface area (Å²) in [5.41, 5.74) is 1.11. The SMILES string of the molecule is CC(O)Cc1cc(CO)ccc1F. The molecule has 0 saturated heterocycles. The Bertz CT molecular complexity index is 284. The fourth-order valence-corrected chi connectivity index (χ4v) is 1.20. The second-order valence-corrected chi connectivity index (χ2v) is 3.14. The monoisotopic (exact) mass is 184 g/mol. The van der Waals surface area contributed by atoms with E-state index in [0.29, 0.717) is 11.1 Å². The van der Waals surface area contributed by atoms with Crippen LogP contribution in [0.4, 0.5) is 4.39 Å². The molecule has 1 aromatic carbocycles. The van der Waals surface area contributed by atoms with Gasteiger partial charge in [-0.2, -0.15) is 0 Å². The van der Waals surface area contributed by atoms with E-state index in [1.54, 1.807) is 13.0 Å². The number of aliphatic hydroxyl groups excluding tert-OH is 2. The van der Waals surface area contributed by atoms with Gasteiger partial charge in [-0.1, -0.05) is 12.1 Å². The van der Waals surface area contributed by atoms with E-state index < -0.39 is 6.10 Å². The number of hydrogen-bond acceptors (Lipinski definition) is 2. The van der Waals surface area contributed by atoms with E-state index in [9.17, 15) is 4.39 Å². The Kier molecular flexibility index (Phi) is 3.39. The third-order valence-electron chi connectivity index (χ3n) is 1.81. The average Bonchev–Trinajstić information content (AvgIpc) is 2.08. The van der Waals surface area contributed by atoms with Crippen LogP contribution in [0.25, 0.3) is 0 Å². The van der Waals surface area contributed by atoms with Crippen LogP contribution < -0.4 is 0 Å². The highest BCUT2D eigenvalue weighted by atomic mass is 19.1. The summed E-state index contributed by atoms with van der Waals surface area (Å²) in [6.45, 7) is 1.50. The maximum atomic E-state index is 13.1. The second kappa shape index (κ2) is 4.35. The van der Waals surface area contributed by atoms with Crippen LogP contribution in [0.5, 0.6) is 0 Å². The minimum atomic E-state index is -0.566. The molecule has 0 heterocycles. The highest BCUT2D eigenvalue weighted by Gasteiger charge is 2.05. The summed E-state index contributed by atoms with van der Waals surface area (Å²) in [5.74, 6) is -0.335. The van der Waals surface area contributed by atoms with Gasteiger partial charge in [-0.05, 0) is 24.1 Å². The van der Waals surface area contributed by atoms with Crippen LogP contribution in [0, 0.1) is 5.82 Å². The lowest BCUT2D eigenvalue weighted by Gasteiger charge is -2.07. The fraction of sp³-hybridized carbons (Fsp3) is 0.400. The molecule has 1 aromatic rings. The summed E-state index contributed by atoms with van der Waals surface area (Å²) in [7, 11) is 0. The molecule has 1 unspecified atom stereocenters. The van der Waals surface area contributed by atoms with Gasteiger partial charge in [0.15, 0.2) is 0 Å². The summed E-state index contributed by atoms with van der Waals surface area (Å²) in [6, 6.07) is 4.41. The minimum Gasteiger partial charge on any atom is -0.393 e. The Morgan fingerprint density at radius 2 is 2.15 bits per heavy atom. The first kappa shape index (κ1) is 10.2. The van der Waals surface area contributed by atoms with Gasteiger partial charge in [-0.15, -0.1) is 0 Å². The largest absolute Gasteiger partial charge is 0.393 e. The molecular weight excluding hydrogens is 171 g/mol. The van der Waals surface area contributed by atoms with E-state index >= 15 is 0 Å². The maximum absolute atomic E-state index is 13.1. The van der Waals surface area contributed by atoms with Crippen molar-refractivity contribution >= 4 is 0 Å². The second-order valence-electron chi connectivity index (χ2n) is 3.14. The van der Waals surface area contributed by atoms with Crippen molar-refractivity contribution in [2.75, 3.05) is 0 Å².